The van der Waals surface area contributed by atoms with Crippen molar-refractivity contribution in [3.8, 4) is 0 Å². The van der Waals surface area contributed by atoms with Crippen molar-refractivity contribution in [1.82, 2.24) is 10.2 Å². The quantitative estimate of drug-likeness (QED) is 0.846. The average molecular weight is 301 g/mol. The molecule has 0 aromatic carbocycles. The van der Waals surface area contributed by atoms with Crippen LogP contribution in [0.5, 0.6) is 0 Å². The summed E-state index contributed by atoms with van der Waals surface area (Å²) in [6.45, 7) is 2.15. The van der Waals surface area contributed by atoms with Crippen LogP contribution >= 0.6 is 12.4 Å². The Kier molecular flexibility index (Phi) is 6.16. The minimum Gasteiger partial charge on any atom is -0.339 e. The second-order valence-corrected chi connectivity index (χ2v) is 6.78. The molecule has 1 aliphatic heterocycles. The number of hydrogen-bond donors (Lipinski definition) is 1. The molecule has 4 heteroatoms. The van der Waals surface area contributed by atoms with Crippen molar-refractivity contribution in [2.75, 3.05) is 13.1 Å². The minimum atomic E-state index is 0. The third kappa shape index (κ3) is 4.36. The van der Waals surface area contributed by atoms with Gasteiger partial charge in [0.05, 0.1) is 0 Å². The van der Waals surface area contributed by atoms with Gasteiger partial charge in [0.25, 0.3) is 0 Å². The molecule has 3 rings (SSSR count). The van der Waals surface area contributed by atoms with Gasteiger partial charge in [0, 0.05) is 25.0 Å². The topological polar surface area (TPSA) is 32.3 Å². The zero-order chi connectivity index (χ0) is 13.1. The first-order valence-corrected chi connectivity index (χ1v) is 8.36. The first kappa shape index (κ1) is 16.1. The number of carbonyl (C=O) groups excluding carboxylic acids is 1. The van der Waals surface area contributed by atoms with E-state index in [1.54, 1.807) is 0 Å². The number of carbonyl (C=O) groups is 1. The SMILES string of the molecule is Cl.O=C(CC1CCCN1)N(CC1CCCCC1)C1CC1. The zero-order valence-corrected chi connectivity index (χ0v) is 13.3. The van der Waals surface area contributed by atoms with Crippen molar-refractivity contribution >= 4 is 18.3 Å². The van der Waals surface area contributed by atoms with Gasteiger partial charge in [-0.2, -0.15) is 0 Å². The molecule has 0 spiro atoms. The molecule has 2 aliphatic carbocycles. The van der Waals surface area contributed by atoms with E-state index in [1.165, 1.54) is 57.8 Å². The van der Waals surface area contributed by atoms with E-state index in [0.29, 0.717) is 18.0 Å². The maximum Gasteiger partial charge on any atom is 0.224 e. The van der Waals surface area contributed by atoms with E-state index in [1.807, 2.05) is 0 Å². The van der Waals surface area contributed by atoms with Crippen molar-refractivity contribution in [3.63, 3.8) is 0 Å². The molecule has 20 heavy (non-hydrogen) atoms. The summed E-state index contributed by atoms with van der Waals surface area (Å²) in [6.07, 6.45) is 12.5. The van der Waals surface area contributed by atoms with Gasteiger partial charge in [0.15, 0.2) is 0 Å². The molecule has 1 atom stereocenters. The van der Waals surface area contributed by atoms with E-state index in [-0.39, 0.29) is 12.4 Å². The van der Waals surface area contributed by atoms with Gasteiger partial charge < -0.3 is 10.2 Å². The Balaban J connectivity index is 0.00000147. The highest BCUT2D eigenvalue weighted by Gasteiger charge is 2.35. The Hall–Kier alpha value is -0.280. The van der Waals surface area contributed by atoms with E-state index < -0.39 is 0 Å². The molecule has 0 radical (unpaired) electrons. The summed E-state index contributed by atoms with van der Waals surface area (Å²) in [6, 6.07) is 1.05. The predicted octanol–water partition coefficient (Wildman–Crippen LogP) is 3.12. The molecular weight excluding hydrogens is 272 g/mol. The van der Waals surface area contributed by atoms with Gasteiger partial charge in [-0.15, -0.1) is 12.4 Å². The van der Waals surface area contributed by atoms with E-state index >= 15 is 0 Å². The molecule has 1 unspecified atom stereocenters. The highest BCUT2D eigenvalue weighted by Crippen LogP contribution is 2.32. The molecule has 2 saturated carbocycles. The van der Waals surface area contributed by atoms with Crippen molar-refractivity contribution < 1.29 is 4.79 Å². The lowest BCUT2D eigenvalue weighted by Crippen LogP contribution is -2.40. The zero-order valence-electron chi connectivity index (χ0n) is 12.5. The summed E-state index contributed by atoms with van der Waals surface area (Å²) in [4.78, 5) is 14.8. The molecule has 0 aromatic heterocycles. The van der Waals surface area contributed by atoms with Crippen LogP contribution in [0.25, 0.3) is 0 Å². The molecule has 116 valence electrons. The number of amides is 1. The summed E-state index contributed by atoms with van der Waals surface area (Å²) in [5.74, 6) is 1.21. The monoisotopic (exact) mass is 300 g/mol. The first-order valence-electron chi connectivity index (χ1n) is 8.36. The number of nitrogens with zero attached hydrogens (tertiary/aromatic N) is 1. The second kappa shape index (κ2) is 7.65. The van der Waals surface area contributed by atoms with Gasteiger partial charge in [-0.3, -0.25) is 4.79 Å². The van der Waals surface area contributed by atoms with Crippen molar-refractivity contribution in [1.29, 1.82) is 0 Å². The lowest BCUT2D eigenvalue weighted by Gasteiger charge is -2.30. The highest BCUT2D eigenvalue weighted by molar-refractivity contribution is 5.85. The van der Waals surface area contributed by atoms with Crippen LogP contribution in [0, 0.1) is 5.92 Å². The standard InChI is InChI=1S/C16H28N2O.ClH/c19-16(11-14-7-4-10-17-14)18(15-8-9-15)12-13-5-2-1-3-6-13;/h13-15,17H,1-12H2;1H. The van der Waals surface area contributed by atoms with Gasteiger partial charge in [-0.25, -0.2) is 0 Å². The molecule has 3 aliphatic rings. The molecule has 1 N–H and O–H groups in total. The Morgan fingerprint density at radius 1 is 1.00 bits per heavy atom. The molecule has 1 heterocycles. The number of hydrogen-bond acceptors (Lipinski definition) is 2. The lowest BCUT2D eigenvalue weighted by molar-refractivity contribution is -0.133. The molecule has 1 saturated heterocycles. The largest absolute Gasteiger partial charge is 0.339 e. The summed E-state index contributed by atoms with van der Waals surface area (Å²) in [7, 11) is 0. The molecule has 3 nitrogen and oxygen atoms in total. The van der Waals surface area contributed by atoms with Gasteiger partial charge in [0.1, 0.15) is 0 Å². The summed E-state index contributed by atoms with van der Waals surface area (Å²) in [5, 5.41) is 3.46. The van der Waals surface area contributed by atoms with Crippen molar-refractivity contribution in [2.24, 2.45) is 5.92 Å². The Morgan fingerprint density at radius 2 is 1.75 bits per heavy atom. The van der Waals surface area contributed by atoms with Crippen LogP contribution in [0.15, 0.2) is 0 Å². The van der Waals surface area contributed by atoms with Crippen LogP contribution in [0.3, 0.4) is 0 Å². The summed E-state index contributed by atoms with van der Waals surface area (Å²) >= 11 is 0. The van der Waals surface area contributed by atoms with Crippen LogP contribution in [-0.2, 0) is 4.79 Å². The maximum atomic E-state index is 12.5. The average Bonchev–Trinajstić information content (AvgIpc) is 3.15. The summed E-state index contributed by atoms with van der Waals surface area (Å²) in [5.41, 5.74) is 0. The van der Waals surface area contributed by atoms with Crippen LogP contribution in [0.1, 0.15) is 64.2 Å². The number of halogens is 1. The summed E-state index contributed by atoms with van der Waals surface area (Å²) < 4.78 is 0. The van der Waals surface area contributed by atoms with Gasteiger partial charge in [-0.05, 0) is 51.0 Å². The van der Waals surface area contributed by atoms with E-state index in [4.69, 9.17) is 0 Å². The smallest absolute Gasteiger partial charge is 0.224 e. The third-order valence-corrected chi connectivity index (χ3v) is 5.07. The molecule has 0 aromatic rings. The second-order valence-electron chi connectivity index (χ2n) is 6.78. The van der Waals surface area contributed by atoms with Crippen LogP contribution in [0.2, 0.25) is 0 Å². The van der Waals surface area contributed by atoms with Crippen LogP contribution in [0.4, 0.5) is 0 Å². The van der Waals surface area contributed by atoms with Crippen molar-refractivity contribution in [3.05, 3.63) is 0 Å². The van der Waals surface area contributed by atoms with Gasteiger partial charge in [0.2, 0.25) is 5.91 Å². The fourth-order valence-electron chi connectivity index (χ4n) is 3.75. The normalized spacial score (nSPS) is 27.1. The Bertz CT molecular complexity index is 308. The Labute approximate surface area is 129 Å². The van der Waals surface area contributed by atoms with E-state index in [9.17, 15) is 4.79 Å². The molecule has 3 fully saturated rings. The van der Waals surface area contributed by atoms with E-state index in [2.05, 4.69) is 10.2 Å². The van der Waals surface area contributed by atoms with Crippen molar-refractivity contribution in [2.45, 2.75) is 76.3 Å². The number of rotatable bonds is 5. The maximum absolute atomic E-state index is 12.5. The number of nitrogens with one attached hydrogen (secondary N) is 1. The van der Waals surface area contributed by atoms with Crippen LogP contribution < -0.4 is 5.32 Å². The first-order chi connectivity index (χ1) is 9.33. The minimum absolute atomic E-state index is 0. The fourth-order valence-corrected chi connectivity index (χ4v) is 3.75. The van der Waals surface area contributed by atoms with Crippen LogP contribution in [-0.4, -0.2) is 36.0 Å². The Morgan fingerprint density at radius 3 is 2.35 bits per heavy atom. The van der Waals surface area contributed by atoms with E-state index in [0.717, 1.165) is 25.4 Å². The molecule has 1 amide bonds. The van der Waals surface area contributed by atoms with Gasteiger partial charge in [-0.1, -0.05) is 19.3 Å². The lowest BCUT2D eigenvalue weighted by atomic mass is 9.89. The highest BCUT2D eigenvalue weighted by atomic mass is 35.5. The molecular formula is C16H29ClN2O. The predicted molar refractivity (Wildman–Crippen MR) is 84.2 cm³/mol. The third-order valence-electron chi connectivity index (χ3n) is 5.07. The fraction of sp³-hybridized carbons (Fsp3) is 0.938. The van der Waals surface area contributed by atoms with Gasteiger partial charge >= 0.3 is 0 Å². The molecule has 0 bridgehead atoms.